The second kappa shape index (κ2) is 5.27. The molecule has 0 amide bonds. The average molecular weight is 274 g/mol. The highest BCUT2D eigenvalue weighted by Gasteiger charge is 2.28. The summed E-state index contributed by atoms with van der Waals surface area (Å²) in [5.41, 5.74) is 1.35. The number of aryl methyl sites for hydroxylation is 1. The quantitative estimate of drug-likeness (QED) is 0.841. The first-order chi connectivity index (χ1) is 9.24. The monoisotopic (exact) mass is 274 g/mol. The van der Waals surface area contributed by atoms with Crippen molar-refractivity contribution >= 4 is 16.7 Å². The molecular formula is C14H18N4S. The molecule has 0 radical (unpaired) electrons. The summed E-state index contributed by atoms with van der Waals surface area (Å²) < 4.78 is 4.31. The minimum atomic E-state index is 0.368. The third-order valence-electron chi connectivity index (χ3n) is 3.53. The first kappa shape index (κ1) is 12.6. The molecule has 100 valence electrons. The minimum Gasteiger partial charge on any atom is -0.337 e. The van der Waals surface area contributed by atoms with Crippen molar-refractivity contribution in [2.75, 3.05) is 31.6 Å². The van der Waals surface area contributed by atoms with Crippen LogP contribution in [-0.2, 0) is 0 Å². The number of anilines is 1. The van der Waals surface area contributed by atoms with Gasteiger partial charge >= 0.3 is 0 Å². The normalized spacial score (nSPS) is 20.7. The zero-order valence-electron chi connectivity index (χ0n) is 11.3. The van der Waals surface area contributed by atoms with E-state index in [1.54, 1.807) is 0 Å². The number of nitrogens with zero attached hydrogens (tertiary/aromatic N) is 4. The Morgan fingerprint density at radius 2 is 2.00 bits per heavy atom. The fourth-order valence-electron chi connectivity index (χ4n) is 2.51. The van der Waals surface area contributed by atoms with Gasteiger partial charge in [-0.05, 0) is 19.5 Å². The molecule has 3 rings (SSSR count). The Bertz CT molecular complexity index is 539. The summed E-state index contributed by atoms with van der Waals surface area (Å²) >= 11 is 1.50. The highest BCUT2D eigenvalue weighted by atomic mass is 32.1. The highest BCUT2D eigenvalue weighted by molar-refractivity contribution is 7.09. The average Bonchev–Trinajstić information content (AvgIpc) is 2.86. The molecule has 2 aromatic rings. The molecule has 2 heterocycles. The molecule has 1 aromatic carbocycles. The van der Waals surface area contributed by atoms with Crippen molar-refractivity contribution < 1.29 is 0 Å². The number of rotatable bonds is 2. The molecule has 1 fully saturated rings. The zero-order valence-corrected chi connectivity index (χ0v) is 12.1. The van der Waals surface area contributed by atoms with Gasteiger partial charge in [-0.2, -0.15) is 4.37 Å². The van der Waals surface area contributed by atoms with Crippen LogP contribution in [0.4, 0.5) is 5.13 Å². The van der Waals surface area contributed by atoms with E-state index in [0.717, 1.165) is 30.6 Å². The third kappa shape index (κ3) is 2.62. The van der Waals surface area contributed by atoms with Crippen LogP contribution in [0, 0.1) is 6.92 Å². The van der Waals surface area contributed by atoms with E-state index in [9.17, 15) is 0 Å². The fourth-order valence-corrected chi connectivity index (χ4v) is 3.26. The van der Waals surface area contributed by atoms with Crippen LogP contribution >= 0.6 is 11.5 Å². The predicted molar refractivity (Wildman–Crippen MR) is 78.7 cm³/mol. The lowest BCUT2D eigenvalue weighted by Gasteiger charge is -2.40. The van der Waals surface area contributed by atoms with Gasteiger partial charge in [-0.25, -0.2) is 4.98 Å². The van der Waals surface area contributed by atoms with E-state index in [2.05, 4.69) is 56.5 Å². The maximum atomic E-state index is 4.55. The van der Waals surface area contributed by atoms with Gasteiger partial charge in [-0.3, -0.25) is 0 Å². The highest BCUT2D eigenvalue weighted by Crippen LogP contribution is 2.31. The summed E-state index contributed by atoms with van der Waals surface area (Å²) in [7, 11) is 2.18. The van der Waals surface area contributed by atoms with Gasteiger partial charge in [0.15, 0.2) is 0 Å². The molecule has 0 spiro atoms. The van der Waals surface area contributed by atoms with Crippen molar-refractivity contribution in [1.29, 1.82) is 0 Å². The van der Waals surface area contributed by atoms with Gasteiger partial charge in [0.1, 0.15) is 5.82 Å². The molecule has 0 aliphatic carbocycles. The van der Waals surface area contributed by atoms with E-state index in [1.165, 1.54) is 17.1 Å². The van der Waals surface area contributed by atoms with E-state index in [4.69, 9.17) is 0 Å². The van der Waals surface area contributed by atoms with Gasteiger partial charge in [-0.1, -0.05) is 30.3 Å². The molecule has 19 heavy (non-hydrogen) atoms. The third-order valence-corrected chi connectivity index (χ3v) is 4.37. The summed E-state index contributed by atoms with van der Waals surface area (Å²) in [6, 6.07) is 11.0. The van der Waals surface area contributed by atoms with Crippen LogP contribution in [0.2, 0.25) is 0 Å². The SMILES string of the molecule is Cc1nsc(N2CCN(C)CC2c2ccccc2)n1. The maximum absolute atomic E-state index is 4.55. The Morgan fingerprint density at radius 1 is 1.21 bits per heavy atom. The smallest absolute Gasteiger partial charge is 0.205 e. The number of aromatic nitrogens is 2. The van der Waals surface area contributed by atoms with Crippen LogP contribution in [0.5, 0.6) is 0 Å². The van der Waals surface area contributed by atoms with Crippen LogP contribution in [0.15, 0.2) is 30.3 Å². The second-order valence-electron chi connectivity index (χ2n) is 5.01. The molecule has 1 aliphatic rings. The molecule has 0 N–H and O–H groups in total. The predicted octanol–water partition coefficient (Wildman–Crippen LogP) is 2.34. The van der Waals surface area contributed by atoms with Crippen molar-refractivity contribution in [3.8, 4) is 0 Å². The summed E-state index contributed by atoms with van der Waals surface area (Å²) in [4.78, 5) is 9.32. The largest absolute Gasteiger partial charge is 0.337 e. The molecule has 4 nitrogen and oxygen atoms in total. The van der Waals surface area contributed by atoms with E-state index >= 15 is 0 Å². The number of hydrogen-bond acceptors (Lipinski definition) is 5. The molecule has 1 saturated heterocycles. The van der Waals surface area contributed by atoms with Gasteiger partial charge in [0.2, 0.25) is 5.13 Å². The molecule has 0 saturated carbocycles. The van der Waals surface area contributed by atoms with Crippen LogP contribution in [0.1, 0.15) is 17.4 Å². The van der Waals surface area contributed by atoms with Crippen LogP contribution < -0.4 is 4.90 Å². The Labute approximate surface area is 117 Å². The van der Waals surface area contributed by atoms with Crippen LogP contribution in [0.3, 0.4) is 0 Å². The molecule has 1 aromatic heterocycles. The number of hydrogen-bond donors (Lipinski definition) is 0. The lowest BCUT2D eigenvalue weighted by atomic mass is 10.0. The van der Waals surface area contributed by atoms with Crippen molar-refractivity contribution in [3.63, 3.8) is 0 Å². The molecule has 1 unspecified atom stereocenters. The van der Waals surface area contributed by atoms with Crippen molar-refractivity contribution in [2.45, 2.75) is 13.0 Å². The summed E-state index contributed by atoms with van der Waals surface area (Å²) in [5, 5.41) is 1.04. The van der Waals surface area contributed by atoms with E-state index in [-0.39, 0.29) is 0 Å². The molecule has 1 atom stereocenters. The van der Waals surface area contributed by atoms with Crippen LogP contribution in [0.25, 0.3) is 0 Å². The maximum Gasteiger partial charge on any atom is 0.205 e. The van der Waals surface area contributed by atoms with Crippen molar-refractivity contribution in [2.24, 2.45) is 0 Å². The first-order valence-corrected chi connectivity index (χ1v) is 7.32. The van der Waals surface area contributed by atoms with Crippen molar-refractivity contribution in [1.82, 2.24) is 14.3 Å². The summed E-state index contributed by atoms with van der Waals surface area (Å²) in [6.07, 6.45) is 0. The zero-order chi connectivity index (χ0) is 13.2. The Morgan fingerprint density at radius 3 is 2.68 bits per heavy atom. The first-order valence-electron chi connectivity index (χ1n) is 6.54. The fraction of sp³-hybridized carbons (Fsp3) is 0.429. The van der Waals surface area contributed by atoms with Gasteiger partial charge in [0.25, 0.3) is 0 Å². The van der Waals surface area contributed by atoms with Crippen LogP contribution in [-0.4, -0.2) is 40.9 Å². The lowest BCUT2D eigenvalue weighted by molar-refractivity contribution is 0.269. The number of benzene rings is 1. The van der Waals surface area contributed by atoms with Gasteiger partial charge in [0.05, 0.1) is 6.04 Å². The molecular weight excluding hydrogens is 256 g/mol. The summed E-state index contributed by atoms with van der Waals surface area (Å²) in [6.45, 7) is 5.06. The molecule has 0 bridgehead atoms. The van der Waals surface area contributed by atoms with E-state index in [1.807, 2.05) is 6.92 Å². The topological polar surface area (TPSA) is 32.3 Å². The van der Waals surface area contributed by atoms with E-state index < -0.39 is 0 Å². The van der Waals surface area contributed by atoms with Gasteiger partial charge in [0, 0.05) is 31.2 Å². The Kier molecular flexibility index (Phi) is 3.48. The van der Waals surface area contributed by atoms with Gasteiger partial charge < -0.3 is 9.80 Å². The Hall–Kier alpha value is -1.46. The number of likely N-dealkylation sites (N-methyl/N-ethyl adjacent to an activating group) is 1. The van der Waals surface area contributed by atoms with E-state index in [0.29, 0.717) is 6.04 Å². The molecule has 5 heteroatoms. The minimum absolute atomic E-state index is 0.368. The van der Waals surface area contributed by atoms with Gasteiger partial charge in [-0.15, -0.1) is 0 Å². The van der Waals surface area contributed by atoms with Crippen molar-refractivity contribution in [3.05, 3.63) is 41.7 Å². The second-order valence-corrected chi connectivity index (χ2v) is 5.74. The number of piperazine rings is 1. The Balaban J connectivity index is 1.92. The molecule has 1 aliphatic heterocycles. The standard InChI is InChI=1S/C14H18N4S/c1-11-15-14(19-16-11)18-9-8-17(2)10-13(18)12-6-4-3-5-7-12/h3-7,13H,8-10H2,1-2H3. The summed E-state index contributed by atoms with van der Waals surface area (Å²) in [5.74, 6) is 0.866. The lowest BCUT2D eigenvalue weighted by Crippen LogP contribution is -2.46.